The van der Waals surface area contributed by atoms with Crippen LogP contribution in [0.25, 0.3) is 0 Å². The second kappa shape index (κ2) is 23.5. The number of carbonyl (C=O) groups is 2. The molecule has 0 spiro atoms. The second-order valence-corrected chi connectivity index (χ2v) is 17.5. The number of aliphatic hydroxyl groups excluding tert-OH is 4. The number of allylic oxidation sites excluding steroid dienone is 6. The van der Waals surface area contributed by atoms with E-state index in [1.807, 2.05) is 53.7 Å². The van der Waals surface area contributed by atoms with Crippen molar-refractivity contribution in [1.82, 2.24) is 0 Å². The Morgan fingerprint density at radius 1 is 1.10 bits per heavy atom. The maximum Gasteiger partial charge on any atom is 0.404 e. The minimum Gasteiger partial charge on any atom is -0.490 e. The Morgan fingerprint density at radius 2 is 1.77 bits per heavy atom. The highest BCUT2D eigenvalue weighted by Gasteiger charge is 2.52. The van der Waals surface area contributed by atoms with Gasteiger partial charge in [-0.15, -0.1) is 0 Å². The summed E-state index contributed by atoms with van der Waals surface area (Å²) in [4.78, 5) is 25.4. The van der Waals surface area contributed by atoms with E-state index in [0.29, 0.717) is 18.4 Å². The zero-order chi connectivity index (χ0) is 45.9. The smallest absolute Gasteiger partial charge is 0.404 e. The van der Waals surface area contributed by atoms with E-state index in [-0.39, 0.29) is 42.3 Å². The highest BCUT2D eigenvalue weighted by Crippen LogP contribution is 2.42. The van der Waals surface area contributed by atoms with Gasteiger partial charge in [-0.1, -0.05) is 89.1 Å². The Hall–Kier alpha value is -3.12. The fraction of sp³-hybridized carbons (Fsp3) is 0.739. The van der Waals surface area contributed by atoms with Crippen molar-refractivity contribution in [1.29, 1.82) is 0 Å². The van der Waals surface area contributed by atoms with Crippen LogP contribution < -0.4 is 5.73 Å². The molecule has 2 fully saturated rings. The third kappa shape index (κ3) is 13.7. The standard InChI is InChI=1S/C46H75NO14/c1-13-16-34-28(7)37(58-38-22-33(48)43(31(10)57-38)60-45(47)53)23-46(54,61-34)30(9)41(51)29(8)42-35(55-11)18-15-17-24(3)19-26(5)39(49)32(14-2)40(50)27(6)20-25(4)21-36(56-12)44(52)59-42/h13,15-18,20-21,26-35,37-43,48-51,54H,14,19,22-23H2,1-12H3,(H2,47,53)/b16-13+,18-15?,24-17+,25-20+,36-21+/t26-,27-,28-,29?,30+,31-,32+,33-,34-,35+,37-,38-,39+,40-,41-,42-,43-,46-/m1/s1. The largest absolute Gasteiger partial charge is 0.490 e. The van der Waals surface area contributed by atoms with Crippen LogP contribution in [-0.2, 0) is 38.0 Å². The van der Waals surface area contributed by atoms with Gasteiger partial charge in [-0.2, -0.15) is 0 Å². The second-order valence-electron chi connectivity index (χ2n) is 17.5. The van der Waals surface area contributed by atoms with Crippen LogP contribution in [0, 0.1) is 35.5 Å². The lowest BCUT2D eigenvalue weighted by atomic mass is 9.77. The Morgan fingerprint density at radius 3 is 2.34 bits per heavy atom. The third-order valence-corrected chi connectivity index (χ3v) is 12.8. The van der Waals surface area contributed by atoms with E-state index in [9.17, 15) is 35.1 Å². The Kier molecular flexibility index (Phi) is 20.1. The molecule has 3 heterocycles. The van der Waals surface area contributed by atoms with E-state index < -0.39 is 97.0 Å². The number of methoxy groups -OCH3 is 2. The quantitative estimate of drug-likeness (QED) is 0.119. The molecule has 0 aromatic rings. The van der Waals surface area contributed by atoms with Gasteiger partial charge in [0.15, 0.2) is 18.2 Å². The zero-order valence-electron chi connectivity index (χ0n) is 38.2. The first-order chi connectivity index (χ1) is 28.6. The molecule has 18 atom stereocenters. The normalized spacial score (nSPS) is 41.7. The molecule has 3 rings (SSSR count). The van der Waals surface area contributed by atoms with Gasteiger partial charge in [-0.25, -0.2) is 9.59 Å². The zero-order valence-corrected chi connectivity index (χ0v) is 38.2. The minimum atomic E-state index is -1.97. The molecule has 3 aliphatic heterocycles. The molecule has 1 amide bonds. The van der Waals surface area contributed by atoms with Crippen molar-refractivity contribution < 1.29 is 68.3 Å². The van der Waals surface area contributed by atoms with Crippen LogP contribution in [0.2, 0.25) is 0 Å². The predicted octanol–water partition coefficient (Wildman–Crippen LogP) is 4.98. The monoisotopic (exact) mass is 866 g/mol. The summed E-state index contributed by atoms with van der Waals surface area (Å²) >= 11 is 0. The van der Waals surface area contributed by atoms with Gasteiger partial charge in [0.1, 0.15) is 12.2 Å². The average Bonchev–Trinajstić information content (AvgIpc) is 3.19. The first-order valence-electron chi connectivity index (χ1n) is 21.7. The van der Waals surface area contributed by atoms with Crippen LogP contribution >= 0.6 is 0 Å². The molecule has 0 saturated carbocycles. The van der Waals surface area contributed by atoms with Crippen LogP contribution in [0.15, 0.2) is 59.4 Å². The molecular formula is C46H75NO14. The molecule has 7 N–H and O–H groups in total. The maximum absolute atomic E-state index is 13.9. The van der Waals surface area contributed by atoms with E-state index in [4.69, 9.17) is 38.9 Å². The summed E-state index contributed by atoms with van der Waals surface area (Å²) in [5.41, 5.74) is 6.78. The number of carbonyl (C=O) groups excluding carboxylic acids is 2. The summed E-state index contributed by atoms with van der Waals surface area (Å²) in [7, 11) is 2.81. The van der Waals surface area contributed by atoms with Crippen molar-refractivity contribution in [2.45, 2.75) is 168 Å². The summed E-state index contributed by atoms with van der Waals surface area (Å²) in [5, 5.41) is 58.0. The number of hydrogen-bond acceptors (Lipinski definition) is 14. The van der Waals surface area contributed by atoms with Gasteiger partial charge in [0.2, 0.25) is 5.76 Å². The summed E-state index contributed by atoms with van der Waals surface area (Å²) in [6.07, 6.45) is 2.20. The van der Waals surface area contributed by atoms with Crippen LogP contribution in [0.4, 0.5) is 4.79 Å². The number of amides is 1. The van der Waals surface area contributed by atoms with Crippen molar-refractivity contribution in [3.8, 4) is 0 Å². The molecule has 0 bridgehead atoms. The van der Waals surface area contributed by atoms with Crippen molar-refractivity contribution >= 4 is 12.1 Å². The minimum absolute atomic E-state index is 0.0313. The number of nitrogens with two attached hydrogens (primary N) is 1. The van der Waals surface area contributed by atoms with Gasteiger partial charge < -0.3 is 64.4 Å². The van der Waals surface area contributed by atoms with Crippen LogP contribution in [0.1, 0.15) is 94.9 Å². The lowest BCUT2D eigenvalue weighted by molar-refractivity contribution is -0.338. The van der Waals surface area contributed by atoms with E-state index >= 15 is 0 Å². The number of hydrogen-bond donors (Lipinski definition) is 6. The first-order valence-corrected chi connectivity index (χ1v) is 21.7. The molecule has 0 aromatic heterocycles. The number of primary amides is 1. The topological polar surface area (TPSA) is 226 Å². The molecule has 0 radical (unpaired) electrons. The number of esters is 1. The maximum atomic E-state index is 13.9. The predicted molar refractivity (Wildman–Crippen MR) is 228 cm³/mol. The summed E-state index contributed by atoms with van der Waals surface area (Å²) in [5.74, 6) is -6.00. The van der Waals surface area contributed by atoms with E-state index in [0.717, 1.165) is 5.57 Å². The molecule has 3 aliphatic rings. The van der Waals surface area contributed by atoms with Gasteiger partial charge in [-0.05, 0) is 52.5 Å². The Balaban J connectivity index is 2.00. The van der Waals surface area contributed by atoms with E-state index in [2.05, 4.69) is 0 Å². The molecular weight excluding hydrogens is 790 g/mol. The average molecular weight is 866 g/mol. The molecule has 2 saturated heterocycles. The lowest BCUT2D eigenvalue weighted by Gasteiger charge is -2.49. The van der Waals surface area contributed by atoms with Crippen molar-refractivity contribution in [3.05, 3.63) is 59.4 Å². The van der Waals surface area contributed by atoms with Gasteiger partial charge in [0.25, 0.3) is 0 Å². The lowest BCUT2D eigenvalue weighted by Crippen LogP contribution is -2.59. The molecule has 15 nitrogen and oxygen atoms in total. The SMILES string of the molecule is C/C=C/[C@H]1O[C@@](O)([C@@H](C)[C@H](O)C(C)[C@H]2OC(=O)/C(OC)=C\C(C)=C\[C@@H](C)[C@@H](O)[C@@H](CC)[C@@H](O)[C@H](C)C/C(C)=C/C=C[C@@H]2OC)C[C@@H](O[C@@H]2C[C@@H](O)[C@H](OC(N)=O)[C@@H](C)O2)[C@@H]1C. The van der Waals surface area contributed by atoms with Crippen molar-refractivity contribution in [3.63, 3.8) is 0 Å². The third-order valence-electron chi connectivity index (χ3n) is 12.8. The molecule has 0 aromatic carbocycles. The summed E-state index contributed by atoms with van der Waals surface area (Å²) in [6, 6.07) is 0. The first kappa shape index (κ1) is 52.2. The van der Waals surface area contributed by atoms with Gasteiger partial charge in [0, 0.05) is 49.5 Å². The molecule has 1 unspecified atom stereocenters. The molecule has 348 valence electrons. The highest BCUT2D eigenvalue weighted by atomic mass is 16.7. The molecule has 0 aliphatic carbocycles. The molecule has 61 heavy (non-hydrogen) atoms. The Bertz CT molecular complexity index is 1570. The highest BCUT2D eigenvalue weighted by molar-refractivity contribution is 5.87. The van der Waals surface area contributed by atoms with Crippen LogP contribution in [0.5, 0.6) is 0 Å². The van der Waals surface area contributed by atoms with Crippen LogP contribution in [0.3, 0.4) is 0 Å². The van der Waals surface area contributed by atoms with Gasteiger partial charge in [0.05, 0.1) is 49.8 Å². The van der Waals surface area contributed by atoms with Gasteiger partial charge in [-0.3, -0.25) is 0 Å². The summed E-state index contributed by atoms with van der Waals surface area (Å²) in [6.45, 7) is 18.2. The fourth-order valence-corrected chi connectivity index (χ4v) is 8.94. The van der Waals surface area contributed by atoms with E-state index in [1.54, 1.807) is 52.0 Å². The van der Waals surface area contributed by atoms with Crippen LogP contribution in [-0.4, -0.2) is 125 Å². The van der Waals surface area contributed by atoms with Crippen molar-refractivity contribution in [2.24, 2.45) is 41.2 Å². The number of ether oxygens (including phenoxy) is 7. The number of cyclic esters (lactones) is 1. The molecule has 15 heteroatoms. The Labute approximate surface area is 362 Å². The number of aliphatic hydroxyl groups is 5. The summed E-state index contributed by atoms with van der Waals surface area (Å²) < 4.78 is 41.4. The van der Waals surface area contributed by atoms with E-state index in [1.165, 1.54) is 20.3 Å². The number of rotatable bonds is 11. The fourth-order valence-electron chi connectivity index (χ4n) is 8.94. The van der Waals surface area contributed by atoms with Gasteiger partial charge >= 0.3 is 12.1 Å². The van der Waals surface area contributed by atoms with Crippen molar-refractivity contribution in [2.75, 3.05) is 14.2 Å².